The van der Waals surface area contributed by atoms with Crippen molar-refractivity contribution in [2.24, 2.45) is 5.73 Å². The van der Waals surface area contributed by atoms with Crippen LogP contribution in [0, 0.1) is 0 Å². The molecule has 0 spiro atoms. The lowest BCUT2D eigenvalue weighted by atomic mass is 10.0. The van der Waals surface area contributed by atoms with Crippen molar-refractivity contribution in [3.63, 3.8) is 0 Å². The first-order valence-electron chi connectivity index (χ1n) is 11.8. The molecule has 8 N–H and O–H groups in total. The molecule has 0 aliphatic carbocycles. The highest BCUT2D eigenvalue weighted by Gasteiger charge is 2.31. The molecule has 0 aliphatic rings. The lowest BCUT2D eigenvalue weighted by Gasteiger charge is -2.24. The number of carboxylic acids is 3. The molecule has 0 aromatic carbocycles. The highest BCUT2D eigenvalue weighted by molar-refractivity contribution is 5.89. The number of hydrogen-bond acceptors (Lipinski definition) is 8. The quantitative estimate of drug-likeness (QED) is 0.121. The fourth-order valence-corrected chi connectivity index (χ4v) is 3.06. The molecular formula is C22H38N4O10. The van der Waals surface area contributed by atoms with Crippen LogP contribution in [0.4, 0.5) is 4.79 Å². The number of nitrogens with one attached hydrogen (secondary N) is 3. The zero-order valence-electron chi connectivity index (χ0n) is 20.8. The molecule has 0 aliphatic heterocycles. The Bertz CT molecular complexity index is 776. The van der Waals surface area contributed by atoms with Gasteiger partial charge in [-0.2, -0.15) is 0 Å². The monoisotopic (exact) mass is 518 g/mol. The van der Waals surface area contributed by atoms with E-state index in [-0.39, 0.29) is 25.7 Å². The number of nitrogens with two attached hydrogens (primary N) is 1. The summed E-state index contributed by atoms with van der Waals surface area (Å²) in [5.74, 6) is -5.37. The number of hydrogen-bond donors (Lipinski definition) is 7. The molecule has 14 heteroatoms. The summed E-state index contributed by atoms with van der Waals surface area (Å²) in [4.78, 5) is 70.5. The van der Waals surface area contributed by atoms with Gasteiger partial charge in [-0.05, 0) is 39.5 Å². The molecule has 0 saturated carbocycles. The maximum absolute atomic E-state index is 12.5. The average molecular weight is 519 g/mol. The number of carbonyl (C=O) groups is 6. The zero-order valence-corrected chi connectivity index (χ0v) is 20.8. The van der Waals surface area contributed by atoms with Gasteiger partial charge in [0.2, 0.25) is 11.8 Å². The molecule has 0 rings (SSSR count). The fraction of sp³-hybridized carbons (Fsp3) is 0.727. The number of unbranched alkanes of at least 4 members (excludes halogenated alkanes) is 3. The second-order valence-corrected chi connectivity index (χ2v) is 8.45. The van der Waals surface area contributed by atoms with Gasteiger partial charge in [0.05, 0.1) is 0 Å². The van der Waals surface area contributed by atoms with Crippen molar-refractivity contribution < 1.29 is 48.8 Å². The largest absolute Gasteiger partial charge is 0.480 e. The Kier molecular flexibility index (Phi) is 15.5. The minimum Gasteiger partial charge on any atom is -0.480 e. The topological polar surface area (TPSA) is 234 Å². The zero-order chi connectivity index (χ0) is 27.8. The lowest BCUT2D eigenvalue weighted by molar-refractivity contribution is -0.145. The number of ether oxygens (including phenoxy) is 1. The number of carbonyl (C=O) groups excluding carboxylic acids is 3. The molecular weight excluding hydrogens is 480 g/mol. The van der Waals surface area contributed by atoms with E-state index in [1.54, 1.807) is 0 Å². The number of amides is 3. The molecule has 0 heterocycles. The third-order valence-electron chi connectivity index (χ3n) is 5.27. The van der Waals surface area contributed by atoms with Gasteiger partial charge in [0, 0.05) is 6.42 Å². The van der Waals surface area contributed by atoms with E-state index in [0.29, 0.717) is 6.42 Å². The predicted molar refractivity (Wildman–Crippen MR) is 126 cm³/mol. The van der Waals surface area contributed by atoms with E-state index in [1.165, 1.54) is 13.8 Å². The number of aliphatic carboxylic acids is 3. The van der Waals surface area contributed by atoms with Crippen LogP contribution >= 0.6 is 0 Å². The van der Waals surface area contributed by atoms with E-state index < -0.39 is 66.1 Å². The van der Waals surface area contributed by atoms with E-state index in [4.69, 9.17) is 20.7 Å². The van der Waals surface area contributed by atoms with Crippen molar-refractivity contribution in [1.29, 1.82) is 0 Å². The summed E-state index contributed by atoms with van der Waals surface area (Å²) < 4.78 is 5.06. The van der Waals surface area contributed by atoms with Crippen LogP contribution < -0.4 is 21.7 Å². The standard InChI is InChI=1S/C22H38N4O10/c1-4-5-6-7-11-16(27)26-17(21(33)34)13(3)36-22(35)25-15(10-8-9-14(23)20(31)32)18(28)24-12(2)19(29)30/h12-15,17H,4-11,23H2,1-3H3,(H,24,28)(H,25,35)(H,26,27)(H,29,30)(H,31,32)(H,33,34)/t12-,13?,14?,15-,17?/m1/s1. The van der Waals surface area contributed by atoms with Gasteiger partial charge < -0.3 is 41.7 Å². The molecule has 0 aromatic rings. The SMILES string of the molecule is CCCCCCC(=O)NC(C(=O)O)C(C)OC(=O)N[C@H](CCCC(N)C(=O)O)C(=O)N[C@H](C)C(=O)O. The number of carboxylic acid groups (broad SMARTS) is 3. The van der Waals surface area contributed by atoms with E-state index in [0.717, 1.165) is 19.3 Å². The van der Waals surface area contributed by atoms with Crippen LogP contribution in [-0.2, 0) is 28.7 Å². The predicted octanol–water partition coefficient (Wildman–Crippen LogP) is 0.181. The molecule has 14 nitrogen and oxygen atoms in total. The normalized spacial score (nSPS) is 14.9. The highest BCUT2D eigenvalue weighted by atomic mass is 16.6. The molecule has 0 saturated heterocycles. The average Bonchev–Trinajstić information content (AvgIpc) is 2.78. The lowest BCUT2D eigenvalue weighted by Crippen LogP contribution is -2.53. The smallest absolute Gasteiger partial charge is 0.408 e. The third-order valence-corrected chi connectivity index (χ3v) is 5.27. The van der Waals surface area contributed by atoms with Crippen LogP contribution in [0.25, 0.3) is 0 Å². The Hall–Kier alpha value is -3.42. The van der Waals surface area contributed by atoms with E-state index in [1.807, 2.05) is 6.92 Å². The Labute approximate surface area is 209 Å². The number of rotatable bonds is 18. The van der Waals surface area contributed by atoms with E-state index in [9.17, 15) is 33.9 Å². The van der Waals surface area contributed by atoms with Crippen LogP contribution in [0.1, 0.15) is 72.1 Å². The summed E-state index contributed by atoms with van der Waals surface area (Å²) in [6.07, 6.45) is 0.903. The Morgan fingerprint density at radius 3 is 1.97 bits per heavy atom. The van der Waals surface area contributed by atoms with Gasteiger partial charge in [0.15, 0.2) is 6.04 Å². The van der Waals surface area contributed by atoms with Crippen molar-refractivity contribution in [2.45, 2.75) is 102 Å². The third kappa shape index (κ3) is 13.5. The second-order valence-electron chi connectivity index (χ2n) is 8.45. The van der Waals surface area contributed by atoms with Gasteiger partial charge in [-0.3, -0.25) is 19.2 Å². The maximum atomic E-state index is 12.5. The molecule has 3 unspecified atom stereocenters. The van der Waals surface area contributed by atoms with Gasteiger partial charge >= 0.3 is 24.0 Å². The molecule has 0 aromatic heterocycles. The number of alkyl carbamates (subject to hydrolysis) is 1. The first kappa shape index (κ1) is 32.6. The second kappa shape index (κ2) is 17.1. The van der Waals surface area contributed by atoms with Crippen molar-refractivity contribution in [2.75, 3.05) is 0 Å². The summed E-state index contributed by atoms with van der Waals surface area (Å²) in [6.45, 7) is 4.47. The van der Waals surface area contributed by atoms with Crippen LogP contribution in [0.3, 0.4) is 0 Å². The van der Waals surface area contributed by atoms with Crippen LogP contribution in [0.5, 0.6) is 0 Å². The van der Waals surface area contributed by atoms with Crippen LogP contribution in [-0.4, -0.2) is 81.4 Å². The maximum Gasteiger partial charge on any atom is 0.408 e. The van der Waals surface area contributed by atoms with Gasteiger partial charge in [-0.1, -0.05) is 26.2 Å². The molecule has 0 radical (unpaired) electrons. The first-order valence-corrected chi connectivity index (χ1v) is 11.8. The minimum absolute atomic E-state index is 0.0217. The van der Waals surface area contributed by atoms with E-state index >= 15 is 0 Å². The molecule has 36 heavy (non-hydrogen) atoms. The minimum atomic E-state index is -1.54. The van der Waals surface area contributed by atoms with Gasteiger partial charge in [0.1, 0.15) is 24.2 Å². The highest BCUT2D eigenvalue weighted by Crippen LogP contribution is 2.08. The summed E-state index contributed by atoms with van der Waals surface area (Å²) >= 11 is 0. The fourth-order valence-electron chi connectivity index (χ4n) is 3.06. The van der Waals surface area contributed by atoms with Crippen molar-refractivity contribution in [3.05, 3.63) is 0 Å². The Morgan fingerprint density at radius 1 is 0.806 bits per heavy atom. The molecule has 0 bridgehead atoms. The molecule has 0 fully saturated rings. The van der Waals surface area contributed by atoms with Crippen LogP contribution in [0.2, 0.25) is 0 Å². The first-order chi connectivity index (χ1) is 16.8. The van der Waals surface area contributed by atoms with Gasteiger partial charge in [0.25, 0.3) is 0 Å². The summed E-state index contributed by atoms with van der Waals surface area (Å²) in [5.41, 5.74) is 5.43. The van der Waals surface area contributed by atoms with Crippen molar-refractivity contribution in [3.8, 4) is 0 Å². The summed E-state index contributed by atoms with van der Waals surface area (Å²) in [5, 5.41) is 34.0. The molecule has 5 atom stereocenters. The summed E-state index contributed by atoms with van der Waals surface area (Å²) in [7, 11) is 0. The van der Waals surface area contributed by atoms with Gasteiger partial charge in [-0.15, -0.1) is 0 Å². The Balaban J connectivity index is 5.14. The Morgan fingerprint density at radius 2 is 1.44 bits per heavy atom. The van der Waals surface area contributed by atoms with Crippen molar-refractivity contribution >= 4 is 35.8 Å². The molecule has 206 valence electrons. The molecule has 3 amide bonds. The summed E-state index contributed by atoms with van der Waals surface area (Å²) in [6, 6.07) is -5.33. The van der Waals surface area contributed by atoms with Gasteiger partial charge in [-0.25, -0.2) is 9.59 Å². The van der Waals surface area contributed by atoms with E-state index in [2.05, 4.69) is 16.0 Å². The van der Waals surface area contributed by atoms with Crippen LogP contribution in [0.15, 0.2) is 0 Å². The van der Waals surface area contributed by atoms with Crippen molar-refractivity contribution in [1.82, 2.24) is 16.0 Å².